The number of carbonyl (C=O) groups is 3. The number of ether oxygens (including phenoxy) is 1. The number of anilines is 1. The van der Waals surface area contributed by atoms with Crippen LogP contribution in [0.3, 0.4) is 0 Å². The van der Waals surface area contributed by atoms with E-state index in [0.29, 0.717) is 26.2 Å². The molecule has 2 N–H and O–H groups in total. The minimum absolute atomic E-state index is 0. The molecule has 9 nitrogen and oxygen atoms in total. The van der Waals surface area contributed by atoms with Crippen molar-refractivity contribution in [3.05, 3.63) is 106 Å². The number of aryl methyl sites for hydroxylation is 2. The first-order valence-corrected chi connectivity index (χ1v) is 14.9. The Morgan fingerprint density at radius 3 is 2.07 bits per heavy atom. The molecule has 0 aliphatic carbocycles. The van der Waals surface area contributed by atoms with E-state index in [9.17, 15) is 19.5 Å². The normalized spacial score (nSPS) is 13.4. The van der Waals surface area contributed by atoms with Gasteiger partial charge in [-0.25, -0.2) is 9.78 Å². The summed E-state index contributed by atoms with van der Waals surface area (Å²) >= 11 is 1.48. The van der Waals surface area contributed by atoms with Crippen LogP contribution in [0.25, 0.3) is 10.4 Å². The van der Waals surface area contributed by atoms with Crippen LogP contribution in [0.1, 0.15) is 38.2 Å². The van der Waals surface area contributed by atoms with E-state index >= 15 is 0 Å². The number of piperazine rings is 1. The zero-order chi connectivity index (χ0) is 30.3. The number of amides is 2. The van der Waals surface area contributed by atoms with Gasteiger partial charge in [0.2, 0.25) is 11.8 Å². The number of aromatic nitrogens is 1. The number of carboxylic acid groups (broad SMARTS) is 1. The molecule has 0 radical (unpaired) electrons. The molecule has 44 heavy (non-hydrogen) atoms. The number of benzene rings is 3. The maximum absolute atomic E-state index is 12.9. The Labute approximate surface area is 283 Å². The van der Waals surface area contributed by atoms with E-state index in [1.54, 1.807) is 17.0 Å². The van der Waals surface area contributed by atoms with Crippen molar-refractivity contribution < 1.29 is 24.2 Å². The van der Waals surface area contributed by atoms with Crippen LogP contribution < -0.4 is 5.32 Å². The molecule has 1 fully saturated rings. The summed E-state index contributed by atoms with van der Waals surface area (Å²) in [5.41, 5.74) is 4.09. The number of thiazole rings is 1. The molecule has 0 atom stereocenters. The van der Waals surface area contributed by atoms with Crippen LogP contribution >= 0.6 is 11.3 Å². The Morgan fingerprint density at radius 1 is 0.909 bits per heavy atom. The number of nitrogens with zero attached hydrogens (tertiary/aromatic N) is 3. The van der Waals surface area contributed by atoms with E-state index in [0.717, 1.165) is 21.1 Å². The Kier molecular flexibility index (Phi) is 11.9. The average Bonchev–Trinajstić information content (AvgIpc) is 3.36. The molecule has 2 amide bonds. The standard InChI is InChI=1S/C33H34N4O5S.Na.H/c1-22-32(43-23(2)34-22)26-13-14-28(27(19-26)33(40)41)35-29(38)20-42-21-30(39)36-15-17-37(18-16-36)31(24-9-5-3-6-10-24)25-11-7-4-8-12-25;;/h3-14,19,31H,15-18,20-21H2,1-2H3,(H,35,38)(H,40,41);;. The summed E-state index contributed by atoms with van der Waals surface area (Å²) in [7, 11) is 0. The Bertz CT molecular complexity index is 1550. The van der Waals surface area contributed by atoms with Crippen LogP contribution in [-0.2, 0) is 14.3 Å². The fourth-order valence-corrected chi connectivity index (χ4v) is 6.31. The van der Waals surface area contributed by atoms with Gasteiger partial charge < -0.3 is 20.1 Å². The molecule has 3 aromatic carbocycles. The molecular formula is C33H35N4NaO5S. The molecule has 1 aliphatic rings. The number of aromatic carboxylic acids is 1. The van der Waals surface area contributed by atoms with Crippen LogP contribution in [0.15, 0.2) is 78.9 Å². The number of hydrogen-bond acceptors (Lipinski definition) is 7. The van der Waals surface area contributed by atoms with Crippen LogP contribution in [0.5, 0.6) is 0 Å². The number of carboxylic acids is 1. The number of hydrogen-bond donors (Lipinski definition) is 2. The van der Waals surface area contributed by atoms with E-state index in [-0.39, 0.29) is 66.0 Å². The van der Waals surface area contributed by atoms with Crippen LogP contribution in [-0.4, -0.2) is 107 Å². The molecule has 0 unspecified atom stereocenters. The van der Waals surface area contributed by atoms with Gasteiger partial charge in [0, 0.05) is 26.2 Å². The monoisotopic (exact) mass is 622 g/mol. The van der Waals surface area contributed by atoms with Gasteiger partial charge in [0.25, 0.3) is 0 Å². The van der Waals surface area contributed by atoms with Crippen molar-refractivity contribution in [3.8, 4) is 10.4 Å². The van der Waals surface area contributed by atoms with Gasteiger partial charge in [0.05, 0.1) is 32.9 Å². The van der Waals surface area contributed by atoms with Gasteiger partial charge in [-0.1, -0.05) is 66.7 Å². The summed E-state index contributed by atoms with van der Waals surface area (Å²) < 4.78 is 5.44. The molecule has 0 bridgehead atoms. The molecule has 224 valence electrons. The zero-order valence-electron chi connectivity index (χ0n) is 24.2. The van der Waals surface area contributed by atoms with Gasteiger partial charge in [0.15, 0.2) is 0 Å². The average molecular weight is 623 g/mol. The molecule has 0 saturated carbocycles. The summed E-state index contributed by atoms with van der Waals surface area (Å²) in [5, 5.41) is 13.2. The van der Waals surface area contributed by atoms with Crippen molar-refractivity contribution in [2.45, 2.75) is 19.9 Å². The van der Waals surface area contributed by atoms with Crippen molar-refractivity contribution in [3.63, 3.8) is 0 Å². The van der Waals surface area contributed by atoms with Crippen LogP contribution in [0.2, 0.25) is 0 Å². The molecule has 11 heteroatoms. The van der Waals surface area contributed by atoms with Crippen LogP contribution in [0.4, 0.5) is 5.69 Å². The first-order chi connectivity index (χ1) is 20.8. The fourth-order valence-electron chi connectivity index (χ4n) is 5.39. The third-order valence-electron chi connectivity index (χ3n) is 7.41. The first kappa shape index (κ1) is 33.5. The van der Waals surface area contributed by atoms with Gasteiger partial charge >= 0.3 is 35.5 Å². The number of carbonyl (C=O) groups excluding carboxylic acids is 2. The van der Waals surface area contributed by atoms with E-state index in [1.807, 2.05) is 50.2 Å². The fraction of sp³-hybridized carbons (Fsp3) is 0.273. The maximum atomic E-state index is 12.9. The minimum atomic E-state index is -1.16. The van der Waals surface area contributed by atoms with E-state index < -0.39 is 11.9 Å². The van der Waals surface area contributed by atoms with Crippen molar-refractivity contribution in [2.75, 3.05) is 44.7 Å². The zero-order valence-corrected chi connectivity index (χ0v) is 25.0. The molecule has 0 spiro atoms. The molecule has 1 saturated heterocycles. The van der Waals surface area contributed by atoms with Crippen molar-refractivity contribution in [1.29, 1.82) is 0 Å². The molecule has 1 aliphatic heterocycles. The van der Waals surface area contributed by atoms with E-state index in [4.69, 9.17) is 4.74 Å². The summed E-state index contributed by atoms with van der Waals surface area (Å²) in [5.74, 6) is -1.88. The predicted molar refractivity (Wildman–Crippen MR) is 173 cm³/mol. The second-order valence-electron chi connectivity index (χ2n) is 10.4. The van der Waals surface area contributed by atoms with Gasteiger partial charge in [-0.2, -0.15) is 0 Å². The van der Waals surface area contributed by atoms with E-state index in [1.165, 1.54) is 28.5 Å². The van der Waals surface area contributed by atoms with Gasteiger partial charge in [-0.15, -0.1) is 11.3 Å². The Morgan fingerprint density at radius 2 is 1.52 bits per heavy atom. The third kappa shape index (κ3) is 8.20. The van der Waals surface area contributed by atoms with Crippen molar-refractivity contribution in [2.24, 2.45) is 0 Å². The second-order valence-corrected chi connectivity index (χ2v) is 11.6. The quantitative estimate of drug-likeness (QED) is 0.253. The first-order valence-electron chi connectivity index (χ1n) is 14.1. The summed E-state index contributed by atoms with van der Waals surface area (Å²) in [6.07, 6.45) is 0. The Hall–Kier alpha value is -3.38. The number of rotatable bonds is 10. The second kappa shape index (κ2) is 15.6. The number of nitrogens with one attached hydrogen (secondary N) is 1. The molecular weight excluding hydrogens is 587 g/mol. The van der Waals surface area contributed by atoms with Crippen LogP contribution in [0, 0.1) is 13.8 Å². The molecule has 4 aromatic rings. The van der Waals surface area contributed by atoms with Gasteiger partial charge in [0.1, 0.15) is 13.2 Å². The Balaban J connectivity index is 0.00000442. The molecule has 2 heterocycles. The topological polar surface area (TPSA) is 112 Å². The van der Waals surface area contributed by atoms with Gasteiger partial charge in [-0.05, 0) is 42.7 Å². The van der Waals surface area contributed by atoms with Gasteiger partial charge in [-0.3, -0.25) is 14.5 Å². The SMILES string of the molecule is Cc1nc(C)c(-c2ccc(NC(=O)COCC(=O)N3CCN(C(c4ccccc4)c4ccccc4)CC3)c(C(=O)O)c2)s1.[NaH]. The van der Waals surface area contributed by atoms with E-state index in [2.05, 4.69) is 39.5 Å². The molecule has 1 aromatic heterocycles. The summed E-state index contributed by atoms with van der Waals surface area (Å²) in [6, 6.07) is 25.7. The van der Waals surface area contributed by atoms with Crippen molar-refractivity contribution >= 4 is 64.4 Å². The molecule has 5 rings (SSSR count). The predicted octanol–water partition coefficient (Wildman–Crippen LogP) is 4.37. The summed E-state index contributed by atoms with van der Waals surface area (Å²) in [4.78, 5) is 46.8. The van der Waals surface area contributed by atoms with Crippen molar-refractivity contribution in [1.82, 2.24) is 14.8 Å². The summed E-state index contributed by atoms with van der Waals surface area (Å²) in [6.45, 7) is 5.68. The third-order valence-corrected chi connectivity index (χ3v) is 8.53.